The van der Waals surface area contributed by atoms with Crippen LogP contribution in [0.15, 0.2) is 30.5 Å². The Morgan fingerprint density at radius 2 is 1.86 bits per heavy atom. The molecule has 0 radical (unpaired) electrons. The van der Waals surface area contributed by atoms with Crippen LogP contribution in [-0.2, 0) is 7.05 Å². The molecule has 0 bridgehead atoms. The normalized spacial score (nSPS) is 9.43. The van der Waals surface area contributed by atoms with Gasteiger partial charge in [0.05, 0.1) is 12.6 Å². The summed E-state index contributed by atoms with van der Waals surface area (Å²) in [6.07, 6.45) is 2.05. The smallest absolute Gasteiger partial charge is 0.120 e. The Balaban J connectivity index is 0.000000461. The number of methoxy groups -OCH3 is 1. The summed E-state index contributed by atoms with van der Waals surface area (Å²) in [5.41, 5.74) is 1.20. The molecular formula is C12H17NO. The van der Waals surface area contributed by atoms with Crippen molar-refractivity contribution in [2.45, 2.75) is 13.8 Å². The summed E-state index contributed by atoms with van der Waals surface area (Å²) in [5.74, 6) is 0.907. The highest BCUT2D eigenvalue weighted by Crippen LogP contribution is 2.20. The molecule has 1 aromatic heterocycles. The average Bonchev–Trinajstić information content (AvgIpc) is 2.63. The molecular weight excluding hydrogens is 174 g/mol. The zero-order chi connectivity index (χ0) is 10.6. The maximum atomic E-state index is 5.13. The minimum absolute atomic E-state index is 0.907. The molecule has 0 fully saturated rings. The van der Waals surface area contributed by atoms with Crippen molar-refractivity contribution in [3.05, 3.63) is 30.5 Å². The molecule has 14 heavy (non-hydrogen) atoms. The van der Waals surface area contributed by atoms with Crippen molar-refractivity contribution in [1.29, 1.82) is 0 Å². The summed E-state index contributed by atoms with van der Waals surface area (Å²) in [6.45, 7) is 4.00. The molecule has 76 valence electrons. The lowest BCUT2D eigenvalue weighted by Gasteiger charge is -2.00. The summed E-state index contributed by atoms with van der Waals surface area (Å²) in [5, 5.41) is 1.25. The van der Waals surface area contributed by atoms with E-state index in [1.807, 2.05) is 39.2 Å². The number of fused-ring (bicyclic) bond motifs is 1. The molecule has 1 heterocycles. The van der Waals surface area contributed by atoms with Crippen LogP contribution in [0.4, 0.5) is 0 Å². The van der Waals surface area contributed by atoms with Crippen LogP contribution < -0.4 is 4.74 Å². The van der Waals surface area contributed by atoms with Gasteiger partial charge in [-0.1, -0.05) is 13.8 Å². The lowest BCUT2D eigenvalue weighted by molar-refractivity contribution is 0.415. The molecule has 0 saturated heterocycles. The van der Waals surface area contributed by atoms with E-state index in [2.05, 4.69) is 16.7 Å². The number of aromatic nitrogens is 1. The molecule has 0 atom stereocenters. The Morgan fingerprint density at radius 3 is 2.50 bits per heavy atom. The van der Waals surface area contributed by atoms with Crippen LogP contribution in [0.25, 0.3) is 10.9 Å². The lowest BCUT2D eigenvalue weighted by atomic mass is 10.2. The second kappa shape index (κ2) is 4.70. The Labute approximate surface area is 85.1 Å². The highest BCUT2D eigenvalue weighted by molar-refractivity contribution is 5.81. The third-order valence-electron chi connectivity index (χ3n) is 2.10. The molecule has 0 aliphatic heterocycles. The van der Waals surface area contributed by atoms with Gasteiger partial charge in [-0.2, -0.15) is 0 Å². The summed E-state index contributed by atoms with van der Waals surface area (Å²) in [4.78, 5) is 0. The van der Waals surface area contributed by atoms with Crippen LogP contribution in [-0.4, -0.2) is 11.7 Å². The van der Waals surface area contributed by atoms with E-state index >= 15 is 0 Å². The first kappa shape index (κ1) is 10.6. The summed E-state index contributed by atoms with van der Waals surface area (Å²) in [7, 11) is 3.71. The number of ether oxygens (including phenoxy) is 1. The van der Waals surface area contributed by atoms with Gasteiger partial charge in [-0.15, -0.1) is 0 Å². The minimum Gasteiger partial charge on any atom is -0.497 e. The van der Waals surface area contributed by atoms with Crippen molar-refractivity contribution in [2.24, 2.45) is 7.05 Å². The number of aryl methyl sites for hydroxylation is 1. The van der Waals surface area contributed by atoms with Gasteiger partial charge in [0, 0.05) is 19.3 Å². The van der Waals surface area contributed by atoms with Crippen molar-refractivity contribution in [2.75, 3.05) is 7.11 Å². The van der Waals surface area contributed by atoms with Crippen LogP contribution in [0.1, 0.15) is 13.8 Å². The largest absolute Gasteiger partial charge is 0.497 e. The molecule has 2 heteroatoms. The molecule has 0 saturated carbocycles. The summed E-state index contributed by atoms with van der Waals surface area (Å²) < 4.78 is 7.21. The fourth-order valence-corrected chi connectivity index (χ4v) is 1.37. The maximum absolute atomic E-state index is 5.13. The van der Waals surface area contributed by atoms with E-state index < -0.39 is 0 Å². The molecule has 0 aliphatic rings. The van der Waals surface area contributed by atoms with E-state index in [0.717, 1.165) is 5.75 Å². The number of benzene rings is 1. The van der Waals surface area contributed by atoms with Crippen LogP contribution in [0.2, 0.25) is 0 Å². The Hall–Kier alpha value is -1.44. The summed E-state index contributed by atoms with van der Waals surface area (Å²) in [6, 6.07) is 8.17. The fraction of sp³-hybridized carbons (Fsp3) is 0.333. The Kier molecular flexibility index (Phi) is 3.57. The monoisotopic (exact) mass is 191 g/mol. The van der Waals surface area contributed by atoms with Gasteiger partial charge in [0.1, 0.15) is 5.75 Å². The number of hydrogen-bond donors (Lipinski definition) is 0. The fourth-order valence-electron chi connectivity index (χ4n) is 1.37. The molecule has 1 aromatic carbocycles. The van der Waals surface area contributed by atoms with Crippen molar-refractivity contribution < 1.29 is 4.74 Å². The van der Waals surface area contributed by atoms with E-state index in [-0.39, 0.29) is 0 Å². The first-order valence-corrected chi connectivity index (χ1v) is 4.90. The van der Waals surface area contributed by atoms with Gasteiger partial charge in [-0.05, 0) is 23.6 Å². The topological polar surface area (TPSA) is 14.2 Å². The predicted octanol–water partition coefficient (Wildman–Crippen LogP) is 3.21. The van der Waals surface area contributed by atoms with Crippen molar-refractivity contribution in [3.63, 3.8) is 0 Å². The lowest BCUT2D eigenvalue weighted by Crippen LogP contribution is -1.86. The molecule has 0 N–H and O–H groups in total. The van der Waals surface area contributed by atoms with Crippen LogP contribution >= 0.6 is 0 Å². The quantitative estimate of drug-likeness (QED) is 0.675. The van der Waals surface area contributed by atoms with Gasteiger partial charge in [0.2, 0.25) is 0 Å². The second-order valence-electron chi connectivity index (χ2n) is 2.85. The van der Waals surface area contributed by atoms with Crippen LogP contribution in [0, 0.1) is 0 Å². The number of hydrogen-bond acceptors (Lipinski definition) is 1. The van der Waals surface area contributed by atoms with Crippen molar-refractivity contribution in [3.8, 4) is 5.75 Å². The third kappa shape index (κ3) is 1.90. The standard InChI is InChI=1S/C10H11NO.C2H6/c1-11-6-5-8-3-4-9(12-2)7-10(8)11;1-2/h3-7H,1-2H3;1-2H3. The molecule has 2 rings (SSSR count). The highest BCUT2D eigenvalue weighted by atomic mass is 16.5. The Bertz CT molecular complexity index is 404. The number of rotatable bonds is 1. The van der Waals surface area contributed by atoms with Crippen molar-refractivity contribution >= 4 is 10.9 Å². The van der Waals surface area contributed by atoms with Crippen LogP contribution in [0.3, 0.4) is 0 Å². The number of nitrogens with zero attached hydrogens (tertiary/aromatic N) is 1. The molecule has 0 aliphatic carbocycles. The van der Waals surface area contributed by atoms with E-state index in [1.165, 1.54) is 10.9 Å². The average molecular weight is 191 g/mol. The summed E-state index contributed by atoms with van der Waals surface area (Å²) >= 11 is 0. The van der Waals surface area contributed by atoms with E-state index in [4.69, 9.17) is 4.74 Å². The molecule has 0 unspecified atom stereocenters. The zero-order valence-electron chi connectivity index (χ0n) is 9.24. The first-order valence-electron chi connectivity index (χ1n) is 4.90. The van der Waals surface area contributed by atoms with Crippen molar-refractivity contribution in [1.82, 2.24) is 4.57 Å². The second-order valence-corrected chi connectivity index (χ2v) is 2.85. The molecule has 2 aromatic rings. The minimum atomic E-state index is 0.907. The Morgan fingerprint density at radius 1 is 1.14 bits per heavy atom. The predicted molar refractivity (Wildman–Crippen MR) is 60.8 cm³/mol. The first-order chi connectivity index (χ1) is 6.81. The third-order valence-corrected chi connectivity index (χ3v) is 2.10. The van der Waals surface area contributed by atoms with Gasteiger partial charge >= 0.3 is 0 Å². The molecule has 0 amide bonds. The van der Waals surface area contributed by atoms with Gasteiger partial charge in [0.25, 0.3) is 0 Å². The molecule has 2 nitrogen and oxygen atoms in total. The SMILES string of the molecule is CC.COc1ccc2ccn(C)c2c1. The van der Waals surface area contributed by atoms with E-state index in [1.54, 1.807) is 7.11 Å². The maximum Gasteiger partial charge on any atom is 0.120 e. The van der Waals surface area contributed by atoms with Gasteiger partial charge in [-0.3, -0.25) is 0 Å². The van der Waals surface area contributed by atoms with Gasteiger partial charge < -0.3 is 9.30 Å². The van der Waals surface area contributed by atoms with Gasteiger partial charge in [-0.25, -0.2) is 0 Å². The zero-order valence-corrected chi connectivity index (χ0v) is 9.24. The van der Waals surface area contributed by atoms with E-state index in [0.29, 0.717) is 0 Å². The van der Waals surface area contributed by atoms with Crippen LogP contribution in [0.5, 0.6) is 5.75 Å². The molecule has 0 spiro atoms. The highest BCUT2D eigenvalue weighted by Gasteiger charge is 1.98. The van der Waals surface area contributed by atoms with Gasteiger partial charge in [0.15, 0.2) is 0 Å². The van der Waals surface area contributed by atoms with E-state index in [9.17, 15) is 0 Å².